The topological polar surface area (TPSA) is 87.7 Å². The Balaban J connectivity index is 3.38. The highest BCUT2D eigenvalue weighted by Crippen LogP contribution is 2.25. The van der Waals surface area contributed by atoms with Gasteiger partial charge in [0.1, 0.15) is 17.7 Å². The first kappa shape index (κ1) is 29.2. The van der Waals surface area contributed by atoms with Crippen molar-refractivity contribution < 1.29 is 19.1 Å². The number of hydrogen-bond acceptors (Lipinski definition) is 4. The number of nitrogens with zero attached hydrogens (tertiary/aromatic N) is 1. The van der Waals surface area contributed by atoms with Crippen molar-refractivity contribution in [2.45, 2.75) is 85.4 Å². The van der Waals surface area contributed by atoms with Crippen molar-refractivity contribution in [1.29, 1.82) is 0 Å². The lowest BCUT2D eigenvalue weighted by Gasteiger charge is -2.35. The van der Waals surface area contributed by atoms with E-state index in [1.165, 1.54) is 4.90 Å². The summed E-state index contributed by atoms with van der Waals surface area (Å²) in [5.74, 6) is -0.718. The van der Waals surface area contributed by atoms with Crippen LogP contribution in [0.15, 0.2) is 30.8 Å². The fourth-order valence-corrected chi connectivity index (χ4v) is 3.58. The molecule has 3 amide bonds. The predicted molar refractivity (Wildman–Crippen MR) is 137 cm³/mol. The Kier molecular flexibility index (Phi) is 11.8. The van der Waals surface area contributed by atoms with Gasteiger partial charge >= 0.3 is 6.09 Å². The Morgan fingerprint density at radius 1 is 1.18 bits per heavy atom. The first-order valence-corrected chi connectivity index (χ1v) is 12.3. The highest BCUT2D eigenvalue weighted by Gasteiger charge is 2.37. The summed E-state index contributed by atoms with van der Waals surface area (Å²) in [6.07, 6.45) is 3.52. The number of amides is 3. The monoisotopic (exact) mass is 473 g/mol. The van der Waals surface area contributed by atoms with Crippen LogP contribution < -0.4 is 10.6 Å². The molecule has 2 N–H and O–H groups in total. The summed E-state index contributed by atoms with van der Waals surface area (Å²) in [5.41, 5.74) is 0.865. The number of benzene rings is 1. The molecule has 7 nitrogen and oxygen atoms in total. The zero-order valence-corrected chi connectivity index (χ0v) is 21.9. The first-order chi connectivity index (χ1) is 16.0. The van der Waals surface area contributed by atoms with Crippen molar-refractivity contribution >= 4 is 24.0 Å². The standard InChI is InChI=1S/C27H43N3O4/c1-9-13-17-28-24(31)23(21-16-14-15-20(11-3)18-21)30(12-4)25(32)22(19(5)10-2)29-26(33)34-27(6,7)8/h11,14-16,18-19,22-23H,3,9-10,12-13,17H2,1-2,4-8H3,(H,28,31)(H,29,33). The van der Waals surface area contributed by atoms with Crippen LogP contribution in [0, 0.1) is 5.92 Å². The van der Waals surface area contributed by atoms with Gasteiger partial charge in [-0.05, 0) is 57.2 Å². The molecule has 3 atom stereocenters. The maximum atomic E-state index is 13.8. The second-order valence-electron chi connectivity index (χ2n) is 9.56. The number of ether oxygens (including phenoxy) is 1. The molecule has 1 aromatic rings. The third-order valence-corrected chi connectivity index (χ3v) is 5.63. The highest BCUT2D eigenvalue weighted by molar-refractivity contribution is 5.92. The second kappa shape index (κ2) is 13.8. The molecule has 0 saturated carbocycles. The summed E-state index contributed by atoms with van der Waals surface area (Å²) in [5, 5.41) is 5.73. The van der Waals surface area contributed by atoms with Crippen LogP contribution in [-0.2, 0) is 14.3 Å². The van der Waals surface area contributed by atoms with E-state index >= 15 is 0 Å². The molecule has 0 saturated heterocycles. The molecule has 190 valence electrons. The highest BCUT2D eigenvalue weighted by atomic mass is 16.6. The van der Waals surface area contributed by atoms with Crippen molar-refractivity contribution in [2.24, 2.45) is 5.92 Å². The summed E-state index contributed by atoms with van der Waals surface area (Å²) in [6.45, 7) is 17.7. The molecular weight excluding hydrogens is 430 g/mol. The van der Waals surface area contributed by atoms with Gasteiger partial charge < -0.3 is 20.3 Å². The van der Waals surface area contributed by atoms with Crippen LogP contribution in [0.5, 0.6) is 0 Å². The van der Waals surface area contributed by atoms with Crippen LogP contribution in [0.2, 0.25) is 0 Å². The number of carbonyl (C=O) groups is 3. The van der Waals surface area contributed by atoms with E-state index in [4.69, 9.17) is 4.74 Å². The van der Waals surface area contributed by atoms with Crippen LogP contribution in [0.3, 0.4) is 0 Å². The van der Waals surface area contributed by atoms with Crippen LogP contribution in [0.25, 0.3) is 6.08 Å². The second-order valence-corrected chi connectivity index (χ2v) is 9.56. The van der Waals surface area contributed by atoms with Gasteiger partial charge in [-0.25, -0.2) is 4.79 Å². The molecule has 1 rings (SSSR count). The minimum Gasteiger partial charge on any atom is -0.444 e. The van der Waals surface area contributed by atoms with Gasteiger partial charge in [0.15, 0.2) is 0 Å². The number of unbranched alkanes of at least 4 members (excludes halogenated alkanes) is 1. The van der Waals surface area contributed by atoms with E-state index in [2.05, 4.69) is 24.1 Å². The van der Waals surface area contributed by atoms with Gasteiger partial charge in [-0.3, -0.25) is 9.59 Å². The third-order valence-electron chi connectivity index (χ3n) is 5.63. The average Bonchev–Trinajstić information content (AvgIpc) is 2.78. The van der Waals surface area contributed by atoms with Gasteiger partial charge in [-0.2, -0.15) is 0 Å². The van der Waals surface area contributed by atoms with Gasteiger partial charge in [0.25, 0.3) is 0 Å². The maximum absolute atomic E-state index is 13.8. The molecule has 0 aromatic heterocycles. The van der Waals surface area contributed by atoms with E-state index in [1.54, 1.807) is 26.8 Å². The van der Waals surface area contributed by atoms with Crippen molar-refractivity contribution in [3.05, 3.63) is 42.0 Å². The molecule has 1 aromatic carbocycles. The summed E-state index contributed by atoms with van der Waals surface area (Å²) in [7, 11) is 0. The van der Waals surface area contributed by atoms with Crippen LogP contribution >= 0.6 is 0 Å². The first-order valence-electron chi connectivity index (χ1n) is 12.3. The van der Waals surface area contributed by atoms with Crippen molar-refractivity contribution in [3.63, 3.8) is 0 Å². The molecule has 0 heterocycles. The molecule has 0 fully saturated rings. The Morgan fingerprint density at radius 2 is 1.85 bits per heavy atom. The Bertz CT molecular complexity index is 831. The normalized spacial score (nSPS) is 13.9. The maximum Gasteiger partial charge on any atom is 0.408 e. The van der Waals surface area contributed by atoms with E-state index in [0.717, 1.165) is 18.4 Å². The molecule has 0 aliphatic carbocycles. The van der Waals surface area contributed by atoms with E-state index in [0.29, 0.717) is 25.1 Å². The number of rotatable bonds is 12. The lowest BCUT2D eigenvalue weighted by molar-refractivity contribution is -0.143. The summed E-state index contributed by atoms with van der Waals surface area (Å²) < 4.78 is 5.40. The summed E-state index contributed by atoms with van der Waals surface area (Å²) in [4.78, 5) is 41.3. The van der Waals surface area contributed by atoms with Gasteiger partial charge in [-0.1, -0.05) is 64.5 Å². The lowest BCUT2D eigenvalue weighted by Crippen LogP contribution is -2.55. The minimum absolute atomic E-state index is 0.155. The number of hydrogen-bond donors (Lipinski definition) is 2. The van der Waals surface area contributed by atoms with E-state index in [-0.39, 0.29) is 17.7 Å². The van der Waals surface area contributed by atoms with Crippen molar-refractivity contribution in [1.82, 2.24) is 15.5 Å². The zero-order valence-electron chi connectivity index (χ0n) is 21.9. The van der Waals surface area contributed by atoms with Crippen molar-refractivity contribution in [3.8, 4) is 0 Å². The van der Waals surface area contributed by atoms with Crippen LogP contribution in [0.4, 0.5) is 4.79 Å². The molecule has 0 radical (unpaired) electrons. The quantitative estimate of drug-likeness (QED) is 0.415. The third kappa shape index (κ3) is 8.84. The number of carbonyl (C=O) groups excluding carboxylic acids is 3. The van der Waals surface area contributed by atoms with E-state index in [1.807, 2.05) is 45.0 Å². The Labute approximate surface area is 205 Å². The number of nitrogens with one attached hydrogen (secondary N) is 2. The van der Waals surface area contributed by atoms with Crippen LogP contribution in [-0.4, -0.2) is 47.5 Å². The van der Waals surface area contributed by atoms with Crippen molar-refractivity contribution in [2.75, 3.05) is 13.1 Å². The molecule has 3 unspecified atom stereocenters. The fourth-order valence-electron chi connectivity index (χ4n) is 3.58. The Morgan fingerprint density at radius 3 is 2.38 bits per heavy atom. The fraction of sp³-hybridized carbons (Fsp3) is 0.593. The summed E-state index contributed by atoms with van der Waals surface area (Å²) >= 11 is 0. The molecule has 0 spiro atoms. The molecule has 34 heavy (non-hydrogen) atoms. The van der Waals surface area contributed by atoms with Gasteiger partial charge in [-0.15, -0.1) is 0 Å². The number of likely N-dealkylation sites (N-methyl/N-ethyl adjacent to an activating group) is 1. The molecule has 0 aliphatic heterocycles. The van der Waals surface area contributed by atoms with Crippen LogP contribution in [0.1, 0.15) is 84.9 Å². The van der Waals surface area contributed by atoms with Gasteiger partial charge in [0.05, 0.1) is 0 Å². The molecule has 7 heteroatoms. The Hall–Kier alpha value is -2.83. The number of alkyl carbamates (subject to hydrolysis) is 1. The average molecular weight is 474 g/mol. The van der Waals surface area contributed by atoms with Gasteiger partial charge in [0, 0.05) is 13.1 Å². The zero-order chi connectivity index (χ0) is 25.9. The van der Waals surface area contributed by atoms with Gasteiger partial charge in [0.2, 0.25) is 11.8 Å². The smallest absolute Gasteiger partial charge is 0.408 e. The predicted octanol–water partition coefficient (Wildman–Crippen LogP) is 5.07. The minimum atomic E-state index is -0.832. The molecule has 0 aliphatic rings. The summed E-state index contributed by atoms with van der Waals surface area (Å²) in [6, 6.07) is 5.79. The largest absolute Gasteiger partial charge is 0.444 e. The SMILES string of the molecule is C=Cc1cccc(C(C(=O)NCCCC)N(CC)C(=O)C(NC(=O)OC(C)(C)C)C(C)CC)c1. The molecular formula is C27H43N3O4. The molecule has 0 bridgehead atoms. The lowest BCUT2D eigenvalue weighted by atomic mass is 9.95. The van der Waals surface area contributed by atoms with E-state index in [9.17, 15) is 14.4 Å². The van der Waals surface area contributed by atoms with E-state index < -0.39 is 23.8 Å².